The summed E-state index contributed by atoms with van der Waals surface area (Å²) in [7, 11) is 1.58. The molecule has 4 nitrogen and oxygen atoms in total. The molecule has 0 spiro atoms. The minimum Gasteiger partial charge on any atom is -0.495 e. The van der Waals surface area contributed by atoms with Gasteiger partial charge in [-0.3, -0.25) is 4.79 Å². The van der Waals surface area contributed by atoms with Gasteiger partial charge in [0.1, 0.15) is 16.9 Å². The molecule has 0 aliphatic rings. The highest BCUT2D eigenvalue weighted by Crippen LogP contribution is 2.36. The lowest BCUT2D eigenvalue weighted by Crippen LogP contribution is -2.10. The van der Waals surface area contributed by atoms with Crippen LogP contribution in [0.5, 0.6) is 5.75 Å². The van der Waals surface area contributed by atoms with Crippen molar-refractivity contribution in [2.24, 2.45) is 0 Å². The van der Waals surface area contributed by atoms with Gasteiger partial charge in [-0.2, -0.15) is 0 Å². The Morgan fingerprint density at radius 3 is 2.71 bits per heavy atom. The zero-order valence-corrected chi connectivity index (χ0v) is 15.0. The Bertz CT molecular complexity index is 1070. The summed E-state index contributed by atoms with van der Waals surface area (Å²) in [4.78, 5) is 13.0. The Labute approximate surface area is 150 Å². The molecule has 4 aromatic rings. The first-order valence-electron chi connectivity index (χ1n) is 7.21. The van der Waals surface area contributed by atoms with Crippen LogP contribution >= 0.6 is 27.3 Å². The average molecular weight is 402 g/mol. The van der Waals surface area contributed by atoms with Crippen molar-refractivity contribution in [3.63, 3.8) is 0 Å². The molecule has 0 unspecified atom stereocenters. The molecular formula is C18H12BrNO3S. The smallest absolute Gasteiger partial charge is 0.265 e. The number of benzene rings is 2. The molecule has 4 rings (SSSR count). The summed E-state index contributed by atoms with van der Waals surface area (Å²) in [5.74, 6) is 0.414. The third-order valence-electron chi connectivity index (χ3n) is 3.74. The van der Waals surface area contributed by atoms with E-state index >= 15 is 0 Å². The van der Waals surface area contributed by atoms with Crippen molar-refractivity contribution < 1.29 is 13.9 Å². The van der Waals surface area contributed by atoms with Crippen molar-refractivity contribution in [3.05, 3.63) is 57.2 Å². The normalized spacial score (nSPS) is 11.1. The van der Waals surface area contributed by atoms with Crippen molar-refractivity contribution in [1.82, 2.24) is 0 Å². The van der Waals surface area contributed by atoms with Crippen molar-refractivity contribution in [1.29, 1.82) is 0 Å². The number of amides is 1. The van der Waals surface area contributed by atoms with E-state index in [-0.39, 0.29) is 5.91 Å². The van der Waals surface area contributed by atoms with E-state index in [1.54, 1.807) is 19.2 Å². The molecule has 2 heterocycles. The number of carbonyl (C=O) groups excluding carboxylic acids is 1. The van der Waals surface area contributed by atoms with Crippen LogP contribution in [0, 0.1) is 0 Å². The van der Waals surface area contributed by atoms with Crippen LogP contribution in [0.1, 0.15) is 9.67 Å². The maximum atomic E-state index is 12.4. The van der Waals surface area contributed by atoms with Crippen molar-refractivity contribution in [2.45, 2.75) is 0 Å². The highest BCUT2D eigenvalue weighted by molar-refractivity contribution is 9.11. The lowest BCUT2D eigenvalue weighted by Gasteiger charge is -2.09. The van der Waals surface area contributed by atoms with E-state index in [0.29, 0.717) is 21.9 Å². The van der Waals surface area contributed by atoms with Gasteiger partial charge in [-0.1, -0.05) is 18.2 Å². The number of thiophene rings is 1. The molecule has 0 aliphatic carbocycles. The third-order valence-corrected chi connectivity index (χ3v) is 5.37. The second kappa shape index (κ2) is 5.96. The van der Waals surface area contributed by atoms with E-state index in [1.807, 2.05) is 36.4 Å². The quantitative estimate of drug-likeness (QED) is 0.480. The fourth-order valence-electron chi connectivity index (χ4n) is 2.64. The average Bonchev–Trinajstić information content (AvgIpc) is 3.17. The molecule has 1 N–H and O–H groups in total. The number of hydrogen-bond acceptors (Lipinski definition) is 4. The van der Waals surface area contributed by atoms with Crippen LogP contribution in [-0.2, 0) is 0 Å². The predicted octanol–water partition coefficient (Wildman–Crippen LogP) is 5.67. The maximum Gasteiger partial charge on any atom is 0.265 e. The number of anilines is 1. The maximum absolute atomic E-state index is 12.4. The summed E-state index contributed by atoms with van der Waals surface area (Å²) in [6.45, 7) is 0. The summed E-state index contributed by atoms with van der Waals surface area (Å²) in [6.07, 6.45) is 0. The molecule has 120 valence electrons. The van der Waals surface area contributed by atoms with Gasteiger partial charge in [0.15, 0.2) is 0 Å². The molecule has 1 amide bonds. The molecule has 0 fully saturated rings. The number of nitrogens with one attached hydrogen (secondary N) is 1. The van der Waals surface area contributed by atoms with Crippen LogP contribution in [-0.4, -0.2) is 13.0 Å². The number of rotatable bonds is 3. The Balaban J connectivity index is 1.79. The SMILES string of the molecule is COc1cc2c(cc1NC(=O)c1ccc(Br)s1)oc1ccccc12. The van der Waals surface area contributed by atoms with E-state index in [0.717, 1.165) is 20.1 Å². The van der Waals surface area contributed by atoms with Crippen LogP contribution in [0.4, 0.5) is 5.69 Å². The number of carbonyl (C=O) groups is 1. The van der Waals surface area contributed by atoms with E-state index in [4.69, 9.17) is 9.15 Å². The van der Waals surface area contributed by atoms with Gasteiger partial charge in [0.05, 0.1) is 21.5 Å². The number of furan rings is 1. The third kappa shape index (κ3) is 2.57. The number of methoxy groups -OCH3 is 1. The van der Waals surface area contributed by atoms with Gasteiger partial charge in [-0.25, -0.2) is 0 Å². The van der Waals surface area contributed by atoms with Gasteiger partial charge in [-0.15, -0.1) is 11.3 Å². The summed E-state index contributed by atoms with van der Waals surface area (Å²) in [5.41, 5.74) is 2.10. The lowest BCUT2D eigenvalue weighted by atomic mass is 10.1. The number of halogens is 1. The van der Waals surface area contributed by atoms with Crippen LogP contribution in [0.15, 0.2) is 56.7 Å². The van der Waals surface area contributed by atoms with Gasteiger partial charge in [0.25, 0.3) is 5.91 Å². The predicted molar refractivity (Wildman–Crippen MR) is 100 cm³/mol. The Hall–Kier alpha value is -2.31. The topological polar surface area (TPSA) is 51.5 Å². The van der Waals surface area contributed by atoms with Crippen molar-refractivity contribution in [3.8, 4) is 5.75 Å². The molecule has 0 bridgehead atoms. The van der Waals surface area contributed by atoms with Crippen LogP contribution in [0.2, 0.25) is 0 Å². The zero-order valence-electron chi connectivity index (χ0n) is 12.6. The van der Waals surface area contributed by atoms with Crippen LogP contribution in [0.25, 0.3) is 21.9 Å². The number of fused-ring (bicyclic) bond motifs is 3. The van der Waals surface area contributed by atoms with E-state index in [2.05, 4.69) is 21.2 Å². The molecule has 6 heteroatoms. The highest BCUT2D eigenvalue weighted by Gasteiger charge is 2.15. The fraction of sp³-hybridized carbons (Fsp3) is 0.0556. The first-order chi connectivity index (χ1) is 11.7. The first kappa shape index (κ1) is 15.2. The molecular weight excluding hydrogens is 390 g/mol. The lowest BCUT2D eigenvalue weighted by molar-refractivity contribution is 0.103. The molecule has 0 saturated heterocycles. The van der Waals surface area contributed by atoms with E-state index < -0.39 is 0 Å². The molecule has 0 saturated carbocycles. The van der Waals surface area contributed by atoms with Crippen LogP contribution < -0.4 is 10.1 Å². The van der Waals surface area contributed by atoms with E-state index in [9.17, 15) is 4.79 Å². The standard InChI is InChI=1S/C18H12BrNO3S/c1-22-15-8-11-10-4-2-3-5-13(10)23-14(11)9-12(15)20-18(21)16-6-7-17(19)24-16/h2-9H,1H3,(H,20,21). The van der Waals surface area contributed by atoms with E-state index in [1.165, 1.54) is 11.3 Å². The number of ether oxygens (including phenoxy) is 1. The summed E-state index contributed by atoms with van der Waals surface area (Å²) >= 11 is 4.74. The summed E-state index contributed by atoms with van der Waals surface area (Å²) in [5, 5.41) is 4.87. The van der Waals surface area contributed by atoms with Crippen molar-refractivity contribution >= 4 is 60.8 Å². The van der Waals surface area contributed by atoms with Gasteiger partial charge in [-0.05, 0) is 40.2 Å². The molecule has 24 heavy (non-hydrogen) atoms. The Kier molecular flexibility index (Phi) is 3.78. The van der Waals surface area contributed by atoms with Gasteiger partial charge < -0.3 is 14.5 Å². The molecule has 2 aromatic heterocycles. The summed E-state index contributed by atoms with van der Waals surface area (Å²) in [6, 6.07) is 15.1. The number of hydrogen-bond donors (Lipinski definition) is 1. The Morgan fingerprint density at radius 2 is 1.96 bits per heavy atom. The second-order valence-electron chi connectivity index (χ2n) is 5.20. The van der Waals surface area contributed by atoms with Gasteiger partial charge in [0.2, 0.25) is 0 Å². The van der Waals surface area contributed by atoms with Crippen molar-refractivity contribution in [2.75, 3.05) is 12.4 Å². The number of para-hydroxylation sites is 1. The summed E-state index contributed by atoms with van der Waals surface area (Å²) < 4.78 is 12.2. The Morgan fingerprint density at radius 1 is 1.12 bits per heavy atom. The molecule has 2 aromatic carbocycles. The molecule has 0 aliphatic heterocycles. The highest BCUT2D eigenvalue weighted by atomic mass is 79.9. The van der Waals surface area contributed by atoms with Gasteiger partial charge >= 0.3 is 0 Å². The largest absolute Gasteiger partial charge is 0.495 e. The fourth-order valence-corrected chi connectivity index (χ4v) is 3.92. The molecule has 0 atom stereocenters. The second-order valence-corrected chi connectivity index (χ2v) is 7.67. The zero-order chi connectivity index (χ0) is 16.7. The van der Waals surface area contributed by atoms with Gasteiger partial charge in [0, 0.05) is 16.8 Å². The van der Waals surface area contributed by atoms with Crippen LogP contribution in [0.3, 0.4) is 0 Å². The minimum atomic E-state index is -0.181. The first-order valence-corrected chi connectivity index (χ1v) is 8.82. The monoisotopic (exact) mass is 401 g/mol. The minimum absolute atomic E-state index is 0.181. The molecule has 0 radical (unpaired) electrons.